The molecule has 4 heteroatoms. The van der Waals surface area contributed by atoms with E-state index in [1.807, 2.05) is 0 Å². The molecule has 1 heterocycles. The highest BCUT2D eigenvalue weighted by atomic mass is 16.6. The van der Waals surface area contributed by atoms with Crippen LogP contribution in [0.4, 0.5) is 0 Å². The lowest BCUT2D eigenvalue weighted by Crippen LogP contribution is -2.35. The van der Waals surface area contributed by atoms with E-state index in [0.717, 1.165) is 5.75 Å². The molecule has 0 spiro atoms. The van der Waals surface area contributed by atoms with Crippen LogP contribution in [0.1, 0.15) is 10.4 Å². The molecule has 86 valence electrons. The summed E-state index contributed by atoms with van der Waals surface area (Å²) in [5.41, 5.74) is 0.622. The van der Waals surface area contributed by atoms with E-state index in [1.165, 1.54) is 0 Å². The lowest BCUT2D eigenvalue weighted by atomic mass is 10.1. The van der Waals surface area contributed by atoms with Gasteiger partial charge in [0.2, 0.25) is 0 Å². The summed E-state index contributed by atoms with van der Waals surface area (Å²) in [6.45, 7) is 1.38. The van der Waals surface area contributed by atoms with Crippen molar-refractivity contribution >= 4 is 5.78 Å². The van der Waals surface area contributed by atoms with E-state index >= 15 is 0 Å². The largest absolute Gasteiger partial charge is 0.497 e. The van der Waals surface area contributed by atoms with Gasteiger partial charge in [0, 0.05) is 5.56 Å². The number of methoxy groups -OCH3 is 1. The van der Waals surface area contributed by atoms with E-state index in [1.54, 1.807) is 31.4 Å². The van der Waals surface area contributed by atoms with Gasteiger partial charge in [-0.1, -0.05) is 0 Å². The van der Waals surface area contributed by atoms with Crippen molar-refractivity contribution in [1.82, 2.24) is 0 Å². The van der Waals surface area contributed by atoms with Crippen LogP contribution in [0.15, 0.2) is 24.3 Å². The Kier molecular flexibility index (Phi) is 3.54. The molecule has 1 aromatic carbocycles. The third kappa shape index (κ3) is 2.40. The molecule has 0 aliphatic carbocycles. The quantitative estimate of drug-likeness (QED) is 0.723. The van der Waals surface area contributed by atoms with Gasteiger partial charge in [0.25, 0.3) is 0 Å². The number of rotatable bonds is 3. The fourth-order valence-electron chi connectivity index (χ4n) is 1.58. The Morgan fingerprint density at radius 3 is 2.62 bits per heavy atom. The van der Waals surface area contributed by atoms with Crippen LogP contribution in [0.5, 0.6) is 5.75 Å². The molecule has 0 amide bonds. The van der Waals surface area contributed by atoms with Crippen molar-refractivity contribution in [3.05, 3.63) is 29.8 Å². The van der Waals surface area contributed by atoms with Gasteiger partial charge in [0.05, 0.1) is 26.9 Å². The number of benzene rings is 1. The second-order valence-corrected chi connectivity index (χ2v) is 3.53. The maximum Gasteiger partial charge on any atom is 0.193 e. The van der Waals surface area contributed by atoms with Crippen LogP contribution in [-0.4, -0.2) is 38.8 Å². The minimum Gasteiger partial charge on any atom is -0.497 e. The van der Waals surface area contributed by atoms with E-state index in [9.17, 15) is 4.79 Å². The Balaban J connectivity index is 2.07. The first-order valence-corrected chi connectivity index (χ1v) is 5.19. The van der Waals surface area contributed by atoms with Crippen molar-refractivity contribution in [2.75, 3.05) is 26.9 Å². The predicted octanol–water partition coefficient (Wildman–Crippen LogP) is 1.29. The zero-order valence-corrected chi connectivity index (χ0v) is 9.14. The van der Waals surface area contributed by atoms with Crippen LogP contribution >= 0.6 is 0 Å². The summed E-state index contributed by atoms with van der Waals surface area (Å²) < 4.78 is 15.6. The van der Waals surface area contributed by atoms with Crippen molar-refractivity contribution in [2.45, 2.75) is 6.10 Å². The van der Waals surface area contributed by atoms with Crippen LogP contribution in [0.3, 0.4) is 0 Å². The molecule has 0 bridgehead atoms. The van der Waals surface area contributed by atoms with Gasteiger partial charge in [-0.25, -0.2) is 0 Å². The molecular weight excluding hydrogens is 208 g/mol. The topological polar surface area (TPSA) is 44.8 Å². The summed E-state index contributed by atoms with van der Waals surface area (Å²) in [5.74, 6) is 0.694. The summed E-state index contributed by atoms with van der Waals surface area (Å²) in [5, 5.41) is 0. The molecule has 1 aromatic rings. The monoisotopic (exact) mass is 222 g/mol. The zero-order chi connectivity index (χ0) is 11.4. The molecule has 2 rings (SSSR count). The summed E-state index contributed by atoms with van der Waals surface area (Å²) in [6.07, 6.45) is -0.470. The number of Topliss-reactive ketones (excluding diaryl/α,β-unsaturated/α-hetero) is 1. The van der Waals surface area contributed by atoms with Crippen molar-refractivity contribution in [3.63, 3.8) is 0 Å². The minimum atomic E-state index is -0.470. The first-order chi connectivity index (χ1) is 7.81. The molecule has 1 fully saturated rings. The zero-order valence-electron chi connectivity index (χ0n) is 9.14. The Morgan fingerprint density at radius 2 is 2.06 bits per heavy atom. The maximum absolute atomic E-state index is 12.0. The van der Waals surface area contributed by atoms with Gasteiger partial charge in [0.15, 0.2) is 5.78 Å². The smallest absolute Gasteiger partial charge is 0.193 e. The number of carbonyl (C=O) groups is 1. The highest BCUT2D eigenvalue weighted by Gasteiger charge is 2.23. The molecule has 16 heavy (non-hydrogen) atoms. The van der Waals surface area contributed by atoms with Gasteiger partial charge in [-0.05, 0) is 24.3 Å². The lowest BCUT2D eigenvalue weighted by molar-refractivity contribution is -0.0719. The number of hydrogen-bond donors (Lipinski definition) is 0. The van der Waals surface area contributed by atoms with Crippen molar-refractivity contribution < 1.29 is 19.0 Å². The predicted molar refractivity (Wildman–Crippen MR) is 57.9 cm³/mol. The Hall–Kier alpha value is -1.39. The molecular formula is C12H14O4. The van der Waals surface area contributed by atoms with Gasteiger partial charge in [-0.3, -0.25) is 4.79 Å². The fraction of sp³-hybridized carbons (Fsp3) is 0.417. The molecule has 0 N–H and O–H groups in total. The lowest BCUT2D eigenvalue weighted by Gasteiger charge is -2.21. The fourth-order valence-corrected chi connectivity index (χ4v) is 1.58. The number of ketones is 1. The summed E-state index contributed by atoms with van der Waals surface area (Å²) in [7, 11) is 1.59. The molecule has 1 saturated heterocycles. The number of ether oxygens (including phenoxy) is 3. The molecule has 1 aliphatic rings. The standard InChI is InChI=1S/C12H14O4/c1-14-10-4-2-9(3-5-10)12(13)11-8-15-6-7-16-11/h2-5,11H,6-8H2,1H3. The molecule has 0 aromatic heterocycles. The third-order valence-corrected chi connectivity index (χ3v) is 2.48. The Morgan fingerprint density at radius 1 is 1.31 bits per heavy atom. The summed E-state index contributed by atoms with van der Waals surface area (Å²) in [6, 6.07) is 6.99. The third-order valence-electron chi connectivity index (χ3n) is 2.48. The Bertz CT molecular complexity index is 352. The average molecular weight is 222 g/mol. The van der Waals surface area contributed by atoms with Crippen LogP contribution < -0.4 is 4.74 Å². The summed E-state index contributed by atoms with van der Waals surface area (Å²) >= 11 is 0. The number of carbonyl (C=O) groups excluding carboxylic acids is 1. The highest BCUT2D eigenvalue weighted by molar-refractivity contribution is 5.99. The van der Waals surface area contributed by atoms with Crippen LogP contribution in [0.25, 0.3) is 0 Å². The average Bonchev–Trinajstić information content (AvgIpc) is 2.39. The second kappa shape index (κ2) is 5.09. The molecule has 4 nitrogen and oxygen atoms in total. The molecule has 1 unspecified atom stereocenters. The molecule has 0 saturated carbocycles. The normalized spacial score (nSPS) is 20.4. The molecule has 1 atom stereocenters. The van der Waals surface area contributed by atoms with Gasteiger partial charge in [-0.2, -0.15) is 0 Å². The maximum atomic E-state index is 12.0. The van der Waals surface area contributed by atoms with E-state index in [0.29, 0.717) is 25.4 Å². The first kappa shape index (κ1) is 11.1. The van der Waals surface area contributed by atoms with Crippen LogP contribution in [-0.2, 0) is 9.47 Å². The van der Waals surface area contributed by atoms with Crippen LogP contribution in [0, 0.1) is 0 Å². The van der Waals surface area contributed by atoms with Gasteiger partial charge < -0.3 is 14.2 Å². The molecule has 0 radical (unpaired) electrons. The van der Waals surface area contributed by atoms with Gasteiger partial charge in [-0.15, -0.1) is 0 Å². The van der Waals surface area contributed by atoms with E-state index in [2.05, 4.69) is 0 Å². The number of hydrogen-bond acceptors (Lipinski definition) is 4. The highest BCUT2D eigenvalue weighted by Crippen LogP contribution is 2.15. The van der Waals surface area contributed by atoms with Gasteiger partial charge >= 0.3 is 0 Å². The SMILES string of the molecule is COc1ccc(C(=O)C2COCCO2)cc1. The minimum absolute atomic E-state index is 0.0395. The first-order valence-electron chi connectivity index (χ1n) is 5.19. The van der Waals surface area contributed by atoms with Crippen molar-refractivity contribution in [3.8, 4) is 5.75 Å². The Labute approximate surface area is 94.1 Å². The van der Waals surface area contributed by atoms with E-state index in [-0.39, 0.29) is 5.78 Å². The van der Waals surface area contributed by atoms with Gasteiger partial charge in [0.1, 0.15) is 11.9 Å². The van der Waals surface area contributed by atoms with Crippen LogP contribution in [0.2, 0.25) is 0 Å². The second-order valence-electron chi connectivity index (χ2n) is 3.53. The van der Waals surface area contributed by atoms with Crippen molar-refractivity contribution in [2.24, 2.45) is 0 Å². The van der Waals surface area contributed by atoms with E-state index in [4.69, 9.17) is 14.2 Å². The van der Waals surface area contributed by atoms with Crippen molar-refractivity contribution in [1.29, 1.82) is 0 Å². The van der Waals surface area contributed by atoms with E-state index < -0.39 is 6.10 Å². The summed E-state index contributed by atoms with van der Waals surface area (Å²) in [4.78, 5) is 12.0. The molecule has 1 aliphatic heterocycles.